The van der Waals surface area contributed by atoms with Gasteiger partial charge < -0.3 is 25.2 Å². The molecule has 186 valence electrons. The Balaban J connectivity index is 2.21. The Labute approximate surface area is 198 Å². The molecule has 3 N–H and O–H groups in total. The first-order valence-electron chi connectivity index (χ1n) is 12.2. The number of nitriles is 1. The Morgan fingerprint density at radius 2 is 1.82 bits per heavy atom. The standard InChI is InChI=1S/C23H41N7O3/c1-5-9-29-10-7-23(17-24,8-11-29)28-20(31)19(16-18(3)4)26-21(27-22(32)25-6-2)30-12-14-33-15-13-30/h18-19H,5-16H2,1-4H3,(H,28,31)(H2,25,26,27,32). The number of rotatable bonds is 8. The van der Waals surface area contributed by atoms with Gasteiger partial charge in [0, 0.05) is 32.7 Å². The van der Waals surface area contributed by atoms with Crippen LogP contribution in [-0.2, 0) is 9.53 Å². The van der Waals surface area contributed by atoms with Gasteiger partial charge in [-0.25, -0.2) is 9.79 Å². The van der Waals surface area contributed by atoms with Crippen LogP contribution in [0.25, 0.3) is 0 Å². The lowest BCUT2D eigenvalue weighted by molar-refractivity contribution is -0.124. The fourth-order valence-corrected chi connectivity index (χ4v) is 4.15. The zero-order valence-electron chi connectivity index (χ0n) is 20.7. The molecule has 0 bridgehead atoms. The first-order chi connectivity index (χ1) is 15.8. The molecule has 2 heterocycles. The maximum Gasteiger partial charge on any atom is 0.321 e. The summed E-state index contributed by atoms with van der Waals surface area (Å²) in [4.78, 5) is 34.6. The summed E-state index contributed by atoms with van der Waals surface area (Å²) in [7, 11) is 0. The van der Waals surface area contributed by atoms with Crippen molar-refractivity contribution in [2.24, 2.45) is 10.9 Å². The highest BCUT2D eigenvalue weighted by molar-refractivity contribution is 5.97. The van der Waals surface area contributed by atoms with E-state index in [9.17, 15) is 14.9 Å². The van der Waals surface area contributed by atoms with Crippen molar-refractivity contribution in [1.29, 1.82) is 5.26 Å². The Morgan fingerprint density at radius 1 is 1.15 bits per heavy atom. The predicted molar refractivity (Wildman–Crippen MR) is 128 cm³/mol. The highest BCUT2D eigenvalue weighted by atomic mass is 16.5. The summed E-state index contributed by atoms with van der Waals surface area (Å²) >= 11 is 0. The number of nitrogens with one attached hydrogen (secondary N) is 3. The van der Waals surface area contributed by atoms with E-state index < -0.39 is 11.6 Å². The molecule has 3 amide bonds. The van der Waals surface area contributed by atoms with Crippen LogP contribution in [-0.4, -0.2) is 91.8 Å². The van der Waals surface area contributed by atoms with Crippen molar-refractivity contribution in [2.75, 3.05) is 52.5 Å². The van der Waals surface area contributed by atoms with Crippen molar-refractivity contribution in [3.8, 4) is 6.07 Å². The van der Waals surface area contributed by atoms with Crippen LogP contribution < -0.4 is 16.0 Å². The number of hydrogen-bond donors (Lipinski definition) is 3. The van der Waals surface area contributed by atoms with Crippen molar-refractivity contribution in [3.63, 3.8) is 0 Å². The molecule has 0 aromatic carbocycles. The third kappa shape index (κ3) is 8.48. The van der Waals surface area contributed by atoms with Gasteiger partial charge in [-0.2, -0.15) is 5.26 Å². The first-order valence-corrected chi connectivity index (χ1v) is 12.2. The molecule has 33 heavy (non-hydrogen) atoms. The van der Waals surface area contributed by atoms with Gasteiger partial charge >= 0.3 is 6.03 Å². The zero-order valence-corrected chi connectivity index (χ0v) is 20.7. The molecular formula is C23H41N7O3. The third-order valence-corrected chi connectivity index (χ3v) is 5.97. The number of carbonyl (C=O) groups is 2. The van der Waals surface area contributed by atoms with Crippen LogP contribution in [0.2, 0.25) is 0 Å². The highest BCUT2D eigenvalue weighted by Gasteiger charge is 2.38. The second-order valence-electron chi connectivity index (χ2n) is 9.21. The van der Waals surface area contributed by atoms with E-state index in [0.29, 0.717) is 58.1 Å². The lowest BCUT2D eigenvalue weighted by atomic mass is 9.88. The average molecular weight is 464 g/mol. The number of carbonyl (C=O) groups excluding carboxylic acids is 2. The molecule has 10 nitrogen and oxygen atoms in total. The number of guanidine groups is 1. The number of nitrogens with zero attached hydrogens (tertiary/aromatic N) is 4. The molecule has 10 heteroatoms. The van der Waals surface area contributed by atoms with E-state index in [-0.39, 0.29) is 17.9 Å². The largest absolute Gasteiger partial charge is 0.378 e. The summed E-state index contributed by atoms with van der Waals surface area (Å²) in [5.74, 6) is 0.316. The van der Waals surface area contributed by atoms with E-state index in [2.05, 4.69) is 33.8 Å². The fraction of sp³-hybridized carbons (Fsp3) is 0.826. The van der Waals surface area contributed by atoms with Crippen molar-refractivity contribution in [2.45, 2.75) is 65.0 Å². The van der Waals surface area contributed by atoms with Gasteiger partial charge in [-0.3, -0.25) is 10.1 Å². The molecule has 2 rings (SSSR count). The van der Waals surface area contributed by atoms with Crippen LogP contribution in [0.3, 0.4) is 0 Å². The number of likely N-dealkylation sites (tertiary alicyclic amines) is 1. The lowest BCUT2D eigenvalue weighted by Crippen LogP contribution is -2.57. The van der Waals surface area contributed by atoms with Gasteiger partial charge in [0.05, 0.1) is 19.3 Å². The summed E-state index contributed by atoms with van der Waals surface area (Å²) < 4.78 is 5.43. The van der Waals surface area contributed by atoms with E-state index in [4.69, 9.17) is 9.73 Å². The second kappa shape index (κ2) is 13.4. The minimum atomic E-state index is -0.877. The average Bonchev–Trinajstić information content (AvgIpc) is 2.80. The summed E-state index contributed by atoms with van der Waals surface area (Å²) in [6.45, 7) is 13.3. The number of aliphatic imine (C=N–C) groups is 1. The molecular weight excluding hydrogens is 422 g/mol. The normalized spacial score (nSPS) is 20.1. The van der Waals surface area contributed by atoms with Crippen LogP contribution in [0, 0.1) is 17.2 Å². The van der Waals surface area contributed by atoms with Crippen molar-refractivity contribution in [1.82, 2.24) is 25.8 Å². The van der Waals surface area contributed by atoms with Crippen molar-refractivity contribution < 1.29 is 14.3 Å². The third-order valence-electron chi connectivity index (χ3n) is 5.97. The summed E-state index contributed by atoms with van der Waals surface area (Å²) in [6.07, 6.45) is 2.78. The molecule has 0 aromatic heterocycles. The van der Waals surface area contributed by atoms with Gasteiger partial charge in [-0.15, -0.1) is 0 Å². The second-order valence-corrected chi connectivity index (χ2v) is 9.21. The van der Waals surface area contributed by atoms with E-state index >= 15 is 0 Å². The Kier molecular flexibility index (Phi) is 10.9. The van der Waals surface area contributed by atoms with Gasteiger partial charge in [-0.1, -0.05) is 20.8 Å². The number of hydrogen-bond acceptors (Lipinski definition) is 6. The number of urea groups is 1. The van der Waals surface area contributed by atoms with Gasteiger partial charge in [0.15, 0.2) is 0 Å². The molecule has 0 aromatic rings. The SMILES string of the molecule is CCCN1CCC(C#N)(NC(=O)C(CC(C)C)N=C(NC(=O)NCC)N2CCOCC2)CC1. The zero-order chi connectivity index (χ0) is 24.3. The van der Waals surface area contributed by atoms with Gasteiger partial charge in [0.25, 0.3) is 0 Å². The van der Waals surface area contributed by atoms with Crippen LogP contribution in [0.15, 0.2) is 4.99 Å². The molecule has 1 atom stereocenters. The molecule has 1 unspecified atom stereocenters. The molecule has 0 saturated carbocycles. The van der Waals surface area contributed by atoms with Gasteiger partial charge in [0.2, 0.25) is 11.9 Å². The fourth-order valence-electron chi connectivity index (χ4n) is 4.15. The van der Waals surface area contributed by atoms with E-state index in [1.54, 1.807) is 0 Å². The van der Waals surface area contributed by atoms with Crippen LogP contribution in [0.5, 0.6) is 0 Å². The minimum Gasteiger partial charge on any atom is -0.378 e. The van der Waals surface area contributed by atoms with E-state index in [1.807, 2.05) is 25.7 Å². The lowest BCUT2D eigenvalue weighted by Gasteiger charge is -2.38. The quantitative estimate of drug-likeness (QED) is 0.368. The molecule has 2 aliphatic rings. The Morgan fingerprint density at radius 3 is 2.36 bits per heavy atom. The van der Waals surface area contributed by atoms with E-state index in [1.165, 1.54) is 0 Å². The Bertz CT molecular complexity index is 705. The highest BCUT2D eigenvalue weighted by Crippen LogP contribution is 2.23. The number of piperidine rings is 1. The van der Waals surface area contributed by atoms with Crippen LogP contribution >= 0.6 is 0 Å². The molecule has 2 saturated heterocycles. The maximum atomic E-state index is 13.4. The summed E-state index contributed by atoms with van der Waals surface area (Å²) in [6, 6.07) is 1.31. The monoisotopic (exact) mass is 463 g/mol. The smallest absolute Gasteiger partial charge is 0.321 e. The van der Waals surface area contributed by atoms with Crippen molar-refractivity contribution >= 4 is 17.9 Å². The number of morpholine rings is 1. The number of amides is 3. The predicted octanol–water partition coefficient (Wildman–Crippen LogP) is 1.29. The molecule has 2 aliphatic heterocycles. The maximum absolute atomic E-state index is 13.4. The molecule has 0 spiro atoms. The topological polar surface area (TPSA) is 122 Å². The Hall–Kier alpha value is -2.38. The minimum absolute atomic E-state index is 0.212. The summed E-state index contributed by atoms with van der Waals surface area (Å²) in [5, 5.41) is 18.5. The molecule has 0 aliphatic carbocycles. The summed E-state index contributed by atoms with van der Waals surface area (Å²) in [5.41, 5.74) is -0.877. The number of ether oxygens (including phenoxy) is 1. The first kappa shape index (κ1) is 26.9. The molecule has 0 radical (unpaired) electrons. The van der Waals surface area contributed by atoms with Crippen LogP contribution in [0.1, 0.15) is 53.4 Å². The van der Waals surface area contributed by atoms with Crippen LogP contribution in [0.4, 0.5) is 4.79 Å². The molecule has 2 fully saturated rings. The van der Waals surface area contributed by atoms with Crippen molar-refractivity contribution in [3.05, 3.63) is 0 Å². The van der Waals surface area contributed by atoms with Gasteiger partial charge in [0.1, 0.15) is 11.6 Å². The van der Waals surface area contributed by atoms with Gasteiger partial charge in [-0.05, 0) is 45.1 Å². The van der Waals surface area contributed by atoms with E-state index in [0.717, 1.165) is 26.1 Å².